The maximum absolute atomic E-state index is 5.69. The molecule has 0 spiro atoms. The van der Waals surface area contributed by atoms with Crippen molar-refractivity contribution in [1.82, 2.24) is 10.6 Å². The predicted molar refractivity (Wildman–Crippen MR) is 98.9 cm³/mol. The van der Waals surface area contributed by atoms with Crippen LogP contribution in [0, 0.1) is 0 Å². The normalized spacial score (nSPS) is 14.7. The van der Waals surface area contributed by atoms with Gasteiger partial charge in [-0.2, -0.15) is 0 Å². The number of hydrogen-bond donors (Lipinski definition) is 2. The van der Waals surface area contributed by atoms with Gasteiger partial charge in [0, 0.05) is 12.6 Å². The summed E-state index contributed by atoms with van der Waals surface area (Å²) in [6.07, 6.45) is 7.51. The van der Waals surface area contributed by atoms with Gasteiger partial charge in [-0.1, -0.05) is 25.1 Å². The number of ether oxygens (including phenoxy) is 2. The third-order valence-electron chi connectivity index (χ3n) is 3.80. The van der Waals surface area contributed by atoms with Crippen LogP contribution in [0.25, 0.3) is 0 Å². The first-order valence-corrected chi connectivity index (χ1v) is 8.76. The van der Waals surface area contributed by atoms with Crippen molar-refractivity contribution in [2.75, 3.05) is 20.3 Å². The van der Waals surface area contributed by atoms with Crippen LogP contribution in [0.4, 0.5) is 0 Å². The Morgan fingerprint density at radius 2 is 2.00 bits per heavy atom. The van der Waals surface area contributed by atoms with Crippen LogP contribution in [0.2, 0.25) is 0 Å². The van der Waals surface area contributed by atoms with Crippen LogP contribution < -0.4 is 20.1 Å². The largest absolute Gasteiger partial charge is 0.493 e. The van der Waals surface area contributed by atoms with Crippen molar-refractivity contribution in [3.05, 3.63) is 35.9 Å². The van der Waals surface area contributed by atoms with E-state index in [1.165, 1.54) is 0 Å². The van der Waals surface area contributed by atoms with Crippen molar-refractivity contribution >= 4 is 5.96 Å². The van der Waals surface area contributed by atoms with E-state index >= 15 is 0 Å². The van der Waals surface area contributed by atoms with E-state index in [1.807, 2.05) is 18.2 Å². The van der Waals surface area contributed by atoms with E-state index in [1.54, 1.807) is 7.11 Å². The Kier molecular flexibility index (Phi) is 7.46. The second-order valence-electron chi connectivity index (χ2n) is 5.81. The van der Waals surface area contributed by atoms with Gasteiger partial charge in [0.15, 0.2) is 17.5 Å². The van der Waals surface area contributed by atoms with E-state index < -0.39 is 0 Å². The zero-order valence-electron chi connectivity index (χ0n) is 15.0. The van der Waals surface area contributed by atoms with E-state index in [2.05, 4.69) is 41.6 Å². The number of hydrogen-bond acceptors (Lipinski definition) is 3. The molecule has 0 saturated heterocycles. The van der Waals surface area contributed by atoms with Crippen LogP contribution in [-0.2, 0) is 6.54 Å². The van der Waals surface area contributed by atoms with Crippen LogP contribution in [-0.4, -0.2) is 32.3 Å². The van der Waals surface area contributed by atoms with E-state index in [4.69, 9.17) is 9.47 Å². The molecule has 0 saturated carbocycles. The molecule has 0 bridgehead atoms. The molecule has 1 aliphatic carbocycles. The molecule has 5 nitrogen and oxygen atoms in total. The lowest BCUT2D eigenvalue weighted by Gasteiger charge is -2.17. The highest BCUT2D eigenvalue weighted by Crippen LogP contribution is 2.28. The zero-order chi connectivity index (χ0) is 17.2. The molecule has 1 aliphatic rings. The van der Waals surface area contributed by atoms with Gasteiger partial charge in [0.25, 0.3) is 0 Å². The minimum Gasteiger partial charge on any atom is -0.493 e. The molecule has 0 aromatic heterocycles. The molecule has 1 aromatic carbocycles. The number of rotatable bonds is 8. The highest BCUT2D eigenvalue weighted by Gasteiger charge is 2.11. The van der Waals surface area contributed by atoms with Gasteiger partial charge in [-0.05, 0) is 43.9 Å². The first-order valence-electron chi connectivity index (χ1n) is 8.76. The van der Waals surface area contributed by atoms with Gasteiger partial charge in [-0.15, -0.1) is 0 Å². The number of nitrogens with one attached hydrogen (secondary N) is 2. The molecule has 0 unspecified atom stereocenters. The molecule has 0 atom stereocenters. The number of guanidine groups is 1. The number of nitrogens with zero attached hydrogens (tertiary/aromatic N) is 1. The van der Waals surface area contributed by atoms with Gasteiger partial charge in [-0.25, -0.2) is 4.99 Å². The second kappa shape index (κ2) is 9.85. The van der Waals surface area contributed by atoms with Crippen molar-refractivity contribution in [3.8, 4) is 11.5 Å². The molecule has 0 amide bonds. The highest BCUT2D eigenvalue weighted by atomic mass is 16.5. The summed E-state index contributed by atoms with van der Waals surface area (Å²) in [7, 11) is 1.67. The molecule has 2 N–H and O–H groups in total. The van der Waals surface area contributed by atoms with Crippen molar-refractivity contribution in [1.29, 1.82) is 0 Å². The van der Waals surface area contributed by atoms with E-state index in [-0.39, 0.29) is 0 Å². The summed E-state index contributed by atoms with van der Waals surface area (Å²) in [5.74, 6) is 2.40. The standard InChI is InChI=1S/C19H29N3O2/c1-4-12-24-17-11-10-15(13-18(17)23-3)14-21-19(20-5-2)22-16-8-6-7-9-16/h6-7,10-11,13,16H,4-5,8-9,12,14H2,1-3H3,(H2,20,21,22). The van der Waals surface area contributed by atoms with Crippen LogP contribution >= 0.6 is 0 Å². The molecule has 0 aliphatic heterocycles. The first kappa shape index (κ1) is 18.2. The third-order valence-corrected chi connectivity index (χ3v) is 3.80. The smallest absolute Gasteiger partial charge is 0.191 e. The quantitative estimate of drug-likeness (QED) is 0.436. The molecule has 0 radical (unpaired) electrons. The maximum Gasteiger partial charge on any atom is 0.191 e. The molecule has 24 heavy (non-hydrogen) atoms. The van der Waals surface area contributed by atoms with Crippen LogP contribution in [0.3, 0.4) is 0 Å². The molecule has 132 valence electrons. The summed E-state index contributed by atoms with van der Waals surface area (Å²) in [6.45, 7) is 6.30. The van der Waals surface area contributed by atoms with Crippen LogP contribution in [0.15, 0.2) is 35.3 Å². The number of benzene rings is 1. The molecule has 2 rings (SSSR count). The molecular formula is C19H29N3O2. The fourth-order valence-electron chi connectivity index (χ4n) is 2.56. The fourth-order valence-corrected chi connectivity index (χ4v) is 2.56. The summed E-state index contributed by atoms with van der Waals surface area (Å²) in [4.78, 5) is 4.68. The van der Waals surface area contributed by atoms with Crippen molar-refractivity contribution in [3.63, 3.8) is 0 Å². The van der Waals surface area contributed by atoms with Gasteiger partial charge in [0.1, 0.15) is 0 Å². The van der Waals surface area contributed by atoms with Crippen LogP contribution in [0.1, 0.15) is 38.7 Å². The van der Waals surface area contributed by atoms with Crippen molar-refractivity contribution < 1.29 is 9.47 Å². The topological polar surface area (TPSA) is 54.9 Å². The minimum atomic E-state index is 0.446. The van der Waals surface area contributed by atoms with Crippen LogP contribution in [0.5, 0.6) is 11.5 Å². The predicted octanol–water partition coefficient (Wildman–Crippen LogP) is 3.26. The highest BCUT2D eigenvalue weighted by molar-refractivity contribution is 5.80. The molecule has 5 heteroatoms. The Hall–Kier alpha value is -2.17. The lowest BCUT2D eigenvalue weighted by Crippen LogP contribution is -2.42. The summed E-state index contributed by atoms with van der Waals surface area (Å²) in [6, 6.07) is 6.44. The summed E-state index contributed by atoms with van der Waals surface area (Å²) in [5.41, 5.74) is 1.09. The second-order valence-corrected chi connectivity index (χ2v) is 5.81. The summed E-state index contributed by atoms with van der Waals surface area (Å²) >= 11 is 0. The van der Waals surface area contributed by atoms with E-state index in [9.17, 15) is 0 Å². The van der Waals surface area contributed by atoms with Gasteiger partial charge >= 0.3 is 0 Å². The average molecular weight is 331 g/mol. The Labute approximate surface area is 145 Å². The fraction of sp³-hybridized carbons (Fsp3) is 0.526. The monoisotopic (exact) mass is 331 g/mol. The van der Waals surface area contributed by atoms with E-state index in [0.717, 1.165) is 48.8 Å². The lowest BCUT2D eigenvalue weighted by molar-refractivity contribution is 0.294. The third kappa shape index (κ3) is 5.48. The lowest BCUT2D eigenvalue weighted by atomic mass is 10.2. The Balaban J connectivity index is 2.01. The van der Waals surface area contributed by atoms with Gasteiger partial charge < -0.3 is 20.1 Å². The van der Waals surface area contributed by atoms with Gasteiger partial charge in [0.2, 0.25) is 0 Å². The minimum absolute atomic E-state index is 0.446. The first-order chi connectivity index (χ1) is 11.8. The van der Waals surface area contributed by atoms with Gasteiger partial charge in [-0.3, -0.25) is 0 Å². The van der Waals surface area contributed by atoms with E-state index in [0.29, 0.717) is 19.2 Å². The Morgan fingerprint density at radius 1 is 1.21 bits per heavy atom. The molecule has 0 fully saturated rings. The Morgan fingerprint density at radius 3 is 2.67 bits per heavy atom. The maximum atomic E-state index is 5.69. The summed E-state index contributed by atoms with van der Waals surface area (Å²) < 4.78 is 11.1. The van der Waals surface area contributed by atoms with Crippen molar-refractivity contribution in [2.45, 2.75) is 45.7 Å². The number of aliphatic imine (C=N–C) groups is 1. The molecule has 0 heterocycles. The summed E-state index contributed by atoms with van der Waals surface area (Å²) in [5, 5.41) is 6.78. The van der Waals surface area contributed by atoms with Gasteiger partial charge in [0.05, 0.1) is 20.3 Å². The molecule has 1 aromatic rings. The average Bonchev–Trinajstić information content (AvgIpc) is 3.11. The molecular weight excluding hydrogens is 302 g/mol. The SMILES string of the molecule is CCCOc1ccc(CN=C(NCC)NC2CC=CC2)cc1OC. The number of methoxy groups -OCH3 is 1. The van der Waals surface area contributed by atoms with Crippen molar-refractivity contribution in [2.24, 2.45) is 4.99 Å². The Bertz CT molecular complexity index is 562. The zero-order valence-corrected chi connectivity index (χ0v) is 15.0.